The van der Waals surface area contributed by atoms with E-state index < -0.39 is 11.2 Å². The molecule has 0 fully saturated rings. The molecule has 5 heteroatoms. The lowest BCUT2D eigenvalue weighted by molar-refractivity contribution is -0.297. The number of benzene rings is 1. The first-order valence-electron chi connectivity index (χ1n) is 7.77. The van der Waals surface area contributed by atoms with Gasteiger partial charge in [0.15, 0.2) is 0 Å². The molecule has 0 saturated heterocycles. The third-order valence-corrected chi connectivity index (χ3v) is 4.01. The molecule has 126 valence electrons. The summed E-state index contributed by atoms with van der Waals surface area (Å²) in [6.45, 7) is 5.48. The van der Waals surface area contributed by atoms with Crippen LogP contribution in [0.4, 0.5) is 0 Å². The van der Waals surface area contributed by atoms with E-state index in [0.717, 1.165) is 10.9 Å². The fourth-order valence-corrected chi connectivity index (χ4v) is 2.64. The van der Waals surface area contributed by atoms with Crippen LogP contribution < -0.4 is 10.4 Å². The third kappa shape index (κ3) is 3.27. The molecular weight excluding hydrogens is 308 g/mol. The van der Waals surface area contributed by atoms with Crippen LogP contribution in [0.1, 0.15) is 32.8 Å². The minimum Gasteiger partial charge on any atom is -0.482 e. The highest BCUT2D eigenvalue weighted by atomic mass is 17.1. The van der Waals surface area contributed by atoms with E-state index in [-0.39, 0.29) is 5.63 Å². The number of hydrogen-bond donors (Lipinski definition) is 1. The highest BCUT2D eigenvalue weighted by Gasteiger charge is 2.28. The molecule has 1 N–H and O–H groups in total. The fourth-order valence-electron chi connectivity index (χ4n) is 2.64. The fraction of sp³-hybridized carbons (Fsp3) is 0.316. The molecule has 0 saturated carbocycles. The van der Waals surface area contributed by atoms with E-state index in [1.165, 1.54) is 6.07 Å². The normalized spacial score (nSPS) is 20.3. The zero-order valence-electron chi connectivity index (χ0n) is 13.9. The van der Waals surface area contributed by atoms with Crippen LogP contribution in [0.15, 0.2) is 51.7 Å². The summed E-state index contributed by atoms with van der Waals surface area (Å²) >= 11 is 0. The minimum absolute atomic E-state index is 0.383. The summed E-state index contributed by atoms with van der Waals surface area (Å²) in [7, 11) is 0. The van der Waals surface area contributed by atoms with Gasteiger partial charge in [0.2, 0.25) is 0 Å². The first-order chi connectivity index (χ1) is 11.3. The monoisotopic (exact) mass is 328 g/mol. The molecule has 0 bridgehead atoms. The SMILES string of the molecule is CC(C)(/C=C/C[C@@]1(C)C=Cc2c(ccc3ccc(=O)oc23)O1)OO. The quantitative estimate of drug-likeness (QED) is 0.395. The second-order valence-corrected chi connectivity index (χ2v) is 6.70. The van der Waals surface area contributed by atoms with Gasteiger partial charge in [0.25, 0.3) is 0 Å². The van der Waals surface area contributed by atoms with Crippen molar-refractivity contribution >= 4 is 17.0 Å². The van der Waals surface area contributed by atoms with Crippen molar-refractivity contribution < 1.29 is 19.3 Å². The predicted octanol–water partition coefficient (Wildman–Crippen LogP) is 4.17. The van der Waals surface area contributed by atoms with Crippen molar-refractivity contribution in [3.63, 3.8) is 0 Å². The maximum absolute atomic E-state index is 11.5. The lowest BCUT2D eigenvalue weighted by Gasteiger charge is -2.31. The minimum atomic E-state index is -0.744. The van der Waals surface area contributed by atoms with Crippen LogP contribution in [0.3, 0.4) is 0 Å². The van der Waals surface area contributed by atoms with Gasteiger partial charge >= 0.3 is 5.63 Å². The average Bonchev–Trinajstić information content (AvgIpc) is 2.54. The molecule has 1 atom stereocenters. The third-order valence-electron chi connectivity index (χ3n) is 4.01. The van der Waals surface area contributed by atoms with Gasteiger partial charge in [0, 0.05) is 17.9 Å². The van der Waals surface area contributed by atoms with Crippen molar-refractivity contribution in [2.75, 3.05) is 0 Å². The molecule has 0 amide bonds. The van der Waals surface area contributed by atoms with Crippen LogP contribution in [0.25, 0.3) is 17.0 Å². The number of fused-ring (bicyclic) bond motifs is 3. The Hall–Kier alpha value is -2.37. The van der Waals surface area contributed by atoms with E-state index in [2.05, 4.69) is 4.89 Å². The highest BCUT2D eigenvalue weighted by molar-refractivity contribution is 5.89. The van der Waals surface area contributed by atoms with Crippen LogP contribution in [0.5, 0.6) is 5.75 Å². The van der Waals surface area contributed by atoms with E-state index in [4.69, 9.17) is 14.4 Å². The van der Waals surface area contributed by atoms with Crippen LogP contribution in [0, 0.1) is 0 Å². The summed E-state index contributed by atoms with van der Waals surface area (Å²) in [5.41, 5.74) is -0.356. The maximum Gasteiger partial charge on any atom is 0.336 e. The van der Waals surface area contributed by atoms with Crippen molar-refractivity contribution in [3.05, 3.63) is 58.5 Å². The second-order valence-electron chi connectivity index (χ2n) is 6.70. The van der Waals surface area contributed by atoms with Gasteiger partial charge in [0.1, 0.15) is 22.5 Å². The number of rotatable bonds is 4. The summed E-state index contributed by atoms with van der Waals surface area (Å²) < 4.78 is 11.4. The zero-order valence-corrected chi connectivity index (χ0v) is 13.9. The molecule has 2 aromatic rings. The van der Waals surface area contributed by atoms with E-state index >= 15 is 0 Å². The van der Waals surface area contributed by atoms with Gasteiger partial charge in [-0.3, -0.25) is 5.26 Å². The van der Waals surface area contributed by atoms with E-state index in [0.29, 0.717) is 17.8 Å². The smallest absolute Gasteiger partial charge is 0.336 e. The van der Waals surface area contributed by atoms with E-state index in [9.17, 15) is 4.79 Å². The van der Waals surface area contributed by atoms with Gasteiger partial charge in [0.05, 0.1) is 5.56 Å². The average molecular weight is 328 g/mol. The second kappa shape index (κ2) is 5.92. The van der Waals surface area contributed by atoms with E-state index in [1.807, 2.05) is 37.3 Å². The summed E-state index contributed by atoms with van der Waals surface area (Å²) in [6, 6.07) is 6.89. The Kier molecular flexibility index (Phi) is 4.07. The Labute approximate surface area is 139 Å². The van der Waals surface area contributed by atoms with Crippen LogP contribution in [-0.4, -0.2) is 16.5 Å². The summed E-state index contributed by atoms with van der Waals surface area (Å²) in [4.78, 5) is 15.9. The molecule has 0 unspecified atom stereocenters. The van der Waals surface area contributed by atoms with Gasteiger partial charge in [-0.25, -0.2) is 9.68 Å². The first kappa shape index (κ1) is 16.5. The van der Waals surface area contributed by atoms with Crippen molar-refractivity contribution in [2.24, 2.45) is 0 Å². The molecule has 5 nitrogen and oxygen atoms in total. The molecule has 1 aromatic carbocycles. The zero-order chi connectivity index (χ0) is 17.4. The largest absolute Gasteiger partial charge is 0.482 e. The lowest BCUT2D eigenvalue weighted by Crippen LogP contribution is -2.31. The molecule has 1 aliphatic rings. The number of ether oxygens (including phenoxy) is 1. The Bertz CT molecular complexity index is 875. The molecule has 2 heterocycles. The predicted molar refractivity (Wildman–Crippen MR) is 92.1 cm³/mol. The van der Waals surface area contributed by atoms with Crippen molar-refractivity contribution in [2.45, 2.75) is 38.4 Å². The van der Waals surface area contributed by atoms with Crippen LogP contribution in [-0.2, 0) is 4.89 Å². The molecule has 24 heavy (non-hydrogen) atoms. The Morgan fingerprint density at radius 1 is 1.29 bits per heavy atom. The lowest BCUT2D eigenvalue weighted by atomic mass is 9.95. The van der Waals surface area contributed by atoms with Gasteiger partial charge in [-0.1, -0.05) is 12.2 Å². The molecule has 0 aliphatic carbocycles. The van der Waals surface area contributed by atoms with E-state index in [1.54, 1.807) is 26.0 Å². The molecule has 3 rings (SSSR count). The van der Waals surface area contributed by atoms with Crippen molar-refractivity contribution in [3.8, 4) is 5.75 Å². The summed E-state index contributed by atoms with van der Waals surface area (Å²) in [5.74, 6) is 0.674. The standard InChI is InChI=1S/C19H20O5/c1-18(2,24-21)10-4-11-19(3)12-9-14-15(23-19)7-5-13-6-8-16(20)22-17(13)14/h4-10,12,21H,11H2,1-3H3/b10-4+/t19-/m0/s1. The summed E-state index contributed by atoms with van der Waals surface area (Å²) in [5, 5.41) is 9.67. The highest BCUT2D eigenvalue weighted by Crippen LogP contribution is 2.37. The van der Waals surface area contributed by atoms with Crippen LogP contribution in [0.2, 0.25) is 0 Å². The topological polar surface area (TPSA) is 68.9 Å². The Balaban J connectivity index is 1.89. The molecule has 1 aromatic heterocycles. The molecule has 0 spiro atoms. The Morgan fingerprint density at radius 3 is 2.79 bits per heavy atom. The summed E-state index contributed by atoms with van der Waals surface area (Å²) in [6.07, 6.45) is 8.16. The van der Waals surface area contributed by atoms with Crippen molar-refractivity contribution in [1.29, 1.82) is 0 Å². The Morgan fingerprint density at radius 2 is 2.04 bits per heavy atom. The van der Waals surface area contributed by atoms with Gasteiger partial charge in [-0.05, 0) is 51.1 Å². The molecule has 1 aliphatic heterocycles. The number of hydrogen-bond acceptors (Lipinski definition) is 5. The van der Waals surface area contributed by atoms with Crippen molar-refractivity contribution in [1.82, 2.24) is 0 Å². The molecule has 0 radical (unpaired) electrons. The molecular formula is C19H20O5. The van der Waals surface area contributed by atoms with Crippen LogP contribution >= 0.6 is 0 Å². The van der Waals surface area contributed by atoms with Gasteiger partial charge < -0.3 is 9.15 Å². The van der Waals surface area contributed by atoms with Gasteiger partial charge in [-0.2, -0.15) is 0 Å². The maximum atomic E-state index is 11.5. The van der Waals surface area contributed by atoms with Gasteiger partial charge in [-0.15, -0.1) is 0 Å². The first-order valence-corrected chi connectivity index (χ1v) is 7.77.